The second-order valence-electron chi connectivity index (χ2n) is 5.95. The minimum atomic E-state index is -0.334. The molecule has 0 aliphatic heterocycles. The van der Waals surface area contributed by atoms with Gasteiger partial charge in [-0.15, -0.1) is 11.8 Å². The van der Waals surface area contributed by atoms with Gasteiger partial charge >= 0.3 is 0 Å². The van der Waals surface area contributed by atoms with Crippen LogP contribution in [0.25, 0.3) is 0 Å². The summed E-state index contributed by atoms with van der Waals surface area (Å²) in [4.78, 5) is 24.5. The summed E-state index contributed by atoms with van der Waals surface area (Å²) in [6.07, 6.45) is 3.33. The van der Waals surface area contributed by atoms with Crippen molar-refractivity contribution in [1.82, 2.24) is 15.1 Å². The van der Waals surface area contributed by atoms with Gasteiger partial charge < -0.3 is 10.6 Å². The Morgan fingerprint density at radius 2 is 1.93 bits per heavy atom. The third kappa shape index (κ3) is 5.95. The van der Waals surface area contributed by atoms with Gasteiger partial charge in [0.15, 0.2) is 0 Å². The van der Waals surface area contributed by atoms with E-state index in [-0.39, 0.29) is 29.9 Å². The van der Waals surface area contributed by atoms with Crippen molar-refractivity contribution in [3.8, 4) is 0 Å². The van der Waals surface area contributed by atoms with Crippen LogP contribution in [0.2, 0.25) is 0 Å². The molecule has 6 nitrogen and oxygen atoms in total. The summed E-state index contributed by atoms with van der Waals surface area (Å²) in [7, 11) is 0. The molecule has 8 heteroatoms. The van der Waals surface area contributed by atoms with E-state index in [1.54, 1.807) is 54.9 Å². The molecular formula is C20H19FN4O2S. The third-order valence-corrected chi connectivity index (χ3v) is 4.81. The minimum absolute atomic E-state index is 0.126. The molecule has 3 rings (SSSR count). The number of benzene rings is 2. The van der Waals surface area contributed by atoms with E-state index in [0.29, 0.717) is 17.1 Å². The van der Waals surface area contributed by atoms with Crippen molar-refractivity contribution < 1.29 is 14.0 Å². The fourth-order valence-electron chi connectivity index (χ4n) is 2.46. The van der Waals surface area contributed by atoms with E-state index < -0.39 is 0 Å². The zero-order chi connectivity index (χ0) is 19.8. The summed E-state index contributed by atoms with van der Waals surface area (Å²) in [5.41, 5.74) is 1.49. The zero-order valence-corrected chi connectivity index (χ0v) is 15.8. The monoisotopic (exact) mass is 398 g/mol. The van der Waals surface area contributed by atoms with Crippen LogP contribution in [0, 0.1) is 5.82 Å². The Balaban J connectivity index is 1.46. The molecule has 0 aliphatic carbocycles. The van der Waals surface area contributed by atoms with Crippen LogP contribution in [0.1, 0.15) is 5.56 Å². The highest BCUT2D eigenvalue weighted by molar-refractivity contribution is 8.00. The Hall–Kier alpha value is -3.13. The van der Waals surface area contributed by atoms with Crippen molar-refractivity contribution in [2.24, 2.45) is 0 Å². The first-order chi connectivity index (χ1) is 13.6. The molecule has 0 bridgehead atoms. The molecule has 0 radical (unpaired) electrons. The molecule has 0 unspecified atom stereocenters. The first kappa shape index (κ1) is 19.6. The SMILES string of the molecule is O=C(CSc1ccccc1F)NCc1cccc(NC(=O)Cn2cccn2)c1. The predicted octanol–water partition coefficient (Wildman–Crippen LogP) is 3.07. The van der Waals surface area contributed by atoms with Gasteiger partial charge in [-0.2, -0.15) is 5.10 Å². The van der Waals surface area contributed by atoms with Crippen molar-refractivity contribution in [3.63, 3.8) is 0 Å². The van der Waals surface area contributed by atoms with Crippen LogP contribution in [0.3, 0.4) is 0 Å². The number of rotatable bonds is 8. The van der Waals surface area contributed by atoms with E-state index in [2.05, 4.69) is 15.7 Å². The lowest BCUT2D eigenvalue weighted by molar-refractivity contribution is -0.119. The second-order valence-corrected chi connectivity index (χ2v) is 6.97. The predicted molar refractivity (Wildman–Crippen MR) is 106 cm³/mol. The highest BCUT2D eigenvalue weighted by Crippen LogP contribution is 2.20. The number of anilines is 1. The smallest absolute Gasteiger partial charge is 0.246 e. The van der Waals surface area contributed by atoms with Gasteiger partial charge in [-0.1, -0.05) is 24.3 Å². The van der Waals surface area contributed by atoms with Crippen molar-refractivity contribution >= 4 is 29.3 Å². The molecule has 28 heavy (non-hydrogen) atoms. The number of amides is 2. The van der Waals surface area contributed by atoms with Gasteiger partial charge in [-0.05, 0) is 35.9 Å². The van der Waals surface area contributed by atoms with Crippen molar-refractivity contribution in [1.29, 1.82) is 0 Å². The number of carbonyl (C=O) groups excluding carboxylic acids is 2. The van der Waals surface area contributed by atoms with E-state index in [0.717, 1.165) is 17.3 Å². The summed E-state index contributed by atoms with van der Waals surface area (Å²) < 4.78 is 15.1. The van der Waals surface area contributed by atoms with Crippen LogP contribution in [-0.2, 0) is 22.7 Å². The van der Waals surface area contributed by atoms with Gasteiger partial charge in [0.2, 0.25) is 11.8 Å². The van der Waals surface area contributed by atoms with Crippen LogP contribution in [-0.4, -0.2) is 27.3 Å². The molecule has 0 saturated carbocycles. The van der Waals surface area contributed by atoms with Crippen LogP contribution >= 0.6 is 11.8 Å². The second kappa shape index (κ2) is 9.70. The number of nitrogens with zero attached hydrogens (tertiary/aromatic N) is 2. The van der Waals surface area contributed by atoms with Gasteiger partial charge in [0, 0.05) is 29.5 Å². The Labute approximate surface area is 166 Å². The molecule has 2 aromatic carbocycles. The summed E-state index contributed by atoms with van der Waals surface area (Å²) in [6.45, 7) is 0.445. The fourth-order valence-corrected chi connectivity index (χ4v) is 3.23. The number of carbonyl (C=O) groups is 2. The van der Waals surface area contributed by atoms with Crippen LogP contribution in [0.15, 0.2) is 71.9 Å². The van der Waals surface area contributed by atoms with Crippen LogP contribution in [0.4, 0.5) is 10.1 Å². The van der Waals surface area contributed by atoms with Gasteiger partial charge in [0.25, 0.3) is 0 Å². The number of hydrogen-bond donors (Lipinski definition) is 2. The van der Waals surface area contributed by atoms with E-state index in [1.807, 2.05) is 6.07 Å². The maximum atomic E-state index is 13.6. The molecule has 0 aliphatic rings. The molecule has 0 spiro atoms. The molecule has 3 aromatic rings. The molecule has 144 valence electrons. The van der Waals surface area contributed by atoms with Crippen LogP contribution < -0.4 is 10.6 Å². The van der Waals surface area contributed by atoms with Gasteiger partial charge in [0.05, 0.1) is 5.75 Å². The first-order valence-electron chi connectivity index (χ1n) is 8.60. The molecule has 1 heterocycles. The molecular weight excluding hydrogens is 379 g/mol. The van der Waals surface area contributed by atoms with Crippen molar-refractivity contribution in [2.75, 3.05) is 11.1 Å². The number of thioether (sulfide) groups is 1. The fraction of sp³-hybridized carbons (Fsp3) is 0.150. The topological polar surface area (TPSA) is 76.0 Å². The summed E-state index contributed by atoms with van der Waals surface area (Å²) in [5.74, 6) is -0.590. The summed E-state index contributed by atoms with van der Waals surface area (Å²) in [6, 6.07) is 15.3. The lowest BCUT2D eigenvalue weighted by Crippen LogP contribution is -2.24. The molecule has 0 atom stereocenters. The van der Waals surface area contributed by atoms with Gasteiger partial charge in [-0.3, -0.25) is 14.3 Å². The average molecular weight is 398 g/mol. The number of hydrogen-bond acceptors (Lipinski definition) is 4. The maximum absolute atomic E-state index is 13.6. The minimum Gasteiger partial charge on any atom is -0.351 e. The molecule has 2 N–H and O–H groups in total. The molecule has 0 fully saturated rings. The molecule has 1 aromatic heterocycles. The lowest BCUT2D eigenvalue weighted by Gasteiger charge is -2.09. The Bertz CT molecular complexity index is 947. The highest BCUT2D eigenvalue weighted by atomic mass is 32.2. The number of halogens is 1. The van der Waals surface area contributed by atoms with E-state index in [4.69, 9.17) is 0 Å². The standard InChI is InChI=1S/C20H19FN4O2S/c21-17-7-1-2-8-18(17)28-14-20(27)22-12-15-5-3-6-16(11-15)24-19(26)13-25-10-4-9-23-25/h1-11H,12-14H2,(H,22,27)(H,24,26). The average Bonchev–Trinajstić information content (AvgIpc) is 3.19. The van der Waals surface area contributed by atoms with Gasteiger partial charge in [-0.25, -0.2) is 4.39 Å². The Morgan fingerprint density at radius 3 is 2.71 bits per heavy atom. The highest BCUT2D eigenvalue weighted by Gasteiger charge is 2.07. The largest absolute Gasteiger partial charge is 0.351 e. The quantitative estimate of drug-likeness (QED) is 0.572. The lowest BCUT2D eigenvalue weighted by atomic mass is 10.2. The number of aromatic nitrogens is 2. The number of nitrogens with one attached hydrogen (secondary N) is 2. The summed E-state index contributed by atoms with van der Waals surface area (Å²) >= 11 is 1.15. The molecule has 0 saturated heterocycles. The van der Waals surface area contributed by atoms with E-state index in [1.165, 1.54) is 10.7 Å². The molecule has 2 amide bonds. The Morgan fingerprint density at radius 1 is 1.07 bits per heavy atom. The Kier molecular flexibility index (Phi) is 6.80. The third-order valence-electron chi connectivity index (χ3n) is 3.76. The maximum Gasteiger partial charge on any atom is 0.246 e. The van der Waals surface area contributed by atoms with Crippen molar-refractivity contribution in [2.45, 2.75) is 18.0 Å². The van der Waals surface area contributed by atoms with E-state index >= 15 is 0 Å². The van der Waals surface area contributed by atoms with Crippen molar-refractivity contribution in [3.05, 3.63) is 78.4 Å². The van der Waals surface area contributed by atoms with Gasteiger partial charge in [0.1, 0.15) is 12.4 Å². The normalized spacial score (nSPS) is 10.5. The summed E-state index contributed by atoms with van der Waals surface area (Å²) in [5, 5.41) is 9.59. The zero-order valence-electron chi connectivity index (χ0n) is 15.0. The van der Waals surface area contributed by atoms with Crippen LogP contribution in [0.5, 0.6) is 0 Å². The van der Waals surface area contributed by atoms with E-state index in [9.17, 15) is 14.0 Å². The first-order valence-corrected chi connectivity index (χ1v) is 9.59.